The highest BCUT2D eigenvalue weighted by Gasteiger charge is 2.24. The third-order valence-corrected chi connectivity index (χ3v) is 6.43. The van der Waals surface area contributed by atoms with Crippen LogP contribution in [-0.2, 0) is 13.1 Å². The van der Waals surface area contributed by atoms with Crippen LogP contribution in [-0.4, -0.2) is 10.8 Å². The summed E-state index contributed by atoms with van der Waals surface area (Å²) in [6.07, 6.45) is 1.58. The van der Waals surface area contributed by atoms with E-state index in [1.807, 2.05) is 23.6 Å². The summed E-state index contributed by atoms with van der Waals surface area (Å²) >= 11 is 9.23. The van der Waals surface area contributed by atoms with Crippen LogP contribution in [0.25, 0.3) is 10.1 Å². The molecule has 0 N–H and O–H groups in total. The summed E-state index contributed by atoms with van der Waals surface area (Å²) in [4.78, 5) is 16.4. The van der Waals surface area contributed by atoms with Crippen LogP contribution in [0.5, 0.6) is 0 Å². The molecule has 3 nitrogen and oxygen atoms in total. The number of thiophene rings is 2. The van der Waals surface area contributed by atoms with Gasteiger partial charge in [0.25, 0.3) is 5.91 Å². The van der Waals surface area contributed by atoms with Crippen LogP contribution in [0.4, 0.5) is 4.39 Å². The van der Waals surface area contributed by atoms with Gasteiger partial charge >= 0.3 is 0 Å². The van der Waals surface area contributed by atoms with Gasteiger partial charge in [-0.05, 0) is 41.8 Å². The van der Waals surface area contributed by atoms with E-state index in [1.54, 1.807) is 34.6 Å². The molecule has 132 valence electrons. The van der Waals surface area contributed by atoms with Gasteiger partial charge in [-0.15, -0.1) is 22.7 Å². The van der Waals surface area contributed by atoms with Gasteiger partial charge in [0.15, 0.2) is 0 Å². The number of furan rings is 1. The lowest BCUT2D eigenvalue weighted by Gasteiger charge is -2.20. The summed E-state index contributed by atoms with van der Waals surface area (Å²) in [7, 11) is 0. The average Bonchev–Trinajstić information content (AvgIpc) is 3.36. The van der Waals surface area contributed by atoms with Crippen molar-refractivity contribution in [2.75, 3.05) is 0 Å². The minimum Gasteiger partial charge on any atom is -0.467 e. The molecule has 26 heavy (non-hydrogen) atoms. The molecule has 4 aromatic rings. The van der Waals surface area contributed by atoms with Gasteiger partial charge in [-0.25, -0.2) is 4.39 Å². The molecule has 0 spiro atoms. The molecule has 3 aromatic heterocycles. The van der Waals surface area contributed by atoms with Gasteiger partial charge in [0.05, 0.1) is 24.4 Å². The summed E-state index contributed by atoms with van der Waals surface area (Å²) in [5.41, 5.74) is 0. The van der Waals surface area contributed by atoms with Gasteiger partial charge in [-0.1, -0.05) is 17.7 Å². The average molecular weight is 406 g/mol. The van der Waals surface area contributed by atoms with Crippen molar-refractivity contribution in [3.05, 3.63) is 80.5 Å². The first-order chi connectivity index (χ1) is 12.6. The second-order valence-corrected chi connectivity index (χ2v) is 8.17. The van der Waals surface area contributed by atoms with Crippen LogP contribution in [0.15, 0.2) is 58.5 Å². The molecule has 0 aliphatic rings. The van der Waals surface area contributed by atoms with E-state index in [2.05, 4.69) is 0 Å². The van der Waals surface area contributed by atoms with Crippen LogP contribution >= 0.6 is 34.3 Å². The largest absolute Gasteiger partial charge is 0.467 e. The highest BCUT2D eigenvalue weighted by Crippen LogP contribution is 2.37. The number of hydrogen-bond acceptors (Lipinski definition) is 4. The zero-order valence-corrected chi connectivity index (χ0v) is 15.8. The molecule has 0 bridgehead atoms. The first-order valence-corrected chi connectivity index (χ1v) is 9.91. The lowest BCUT2D eigenvalue weighted by Crippen LogP contribution is -2.29. The molecular formula is C19H13ClFNO2S2. The molecule has 7 heteroatoms. The number of carbonyl (C=O) groups excluding carboxylic acids is 1. The number of hydrogen-bond donors (Lipinski definition) is 0. The Morgan fingerprint density at radius 2 is 2.08 bits per heavy atom. The van der Waals surface area contributed by atoms with Crippen molar-refractivity contribution in [2.45, 2.75) is 13.1 Å². The molecule has 0 fully saturated rings. The fraction of sp³-hybridized carbons (Fsp3) is 0.105. The topological polar surface area (TPSA) is 33.5 Å². The van der Waals surface area contributed by atoms with E-state index in [1.165, 1.54) is 23.5 Å². The van der Waals surface area contributed by atoms with Gasteiger partial charge in [0.1, 0.15) is 16.5 Å². The van der Waals surface area contributed by atoms with Crippen LogP contribution in [0.3, 0.4) is 0 Å². The second-order valence-electron chi connectivity index (χ2n) is 5.71. The first-order valence-electron chi connectivity index (χ1n) is 7.83. The van der Waals surface area contributed by atoms with E-state index in [4.69, 9.17) is 16.0 Å². The summed E-state index contributed by atoms with van der Waals surface area (Å²) in [6, 6.07) is 11.9. The molecule has 4 rings (SSSR count). The van der Waals surface area contributed by atoms with Crippen molar-refractivity contribution >= 4 is 50.3 Å². The van der Waals surface area contributed by atoms with E-state index in [9.17, 15) is 9.18 Å². The SMILES string of the molecule is O=C(c1sc2cc(F)ccc2c1Cl)N(Cc1ccco1)Cc1cccs1. The molecule has 3 heterocycles. The van der Waals surface area contributed by atoms with Crippen LogP contribution < -0.4 is 0 Å². The molecule has 1 aromatic carbocycles. The number of halogens is 2. The minimum atomic E-state index is -0.347. The Hall–Kier alpha value is -2.15. The Morgan fingerprint density at radius 1 is 1.19 bits per heavy atom. The molecule has 0 aliphatic carbocycles. The van der Waals surface area contributed by atoms with Crippen molar-refractivity contribution < 1.29 is 13.6 Å². The quantitative estimate of drug-likeness (QED) is 0.396. The van der Waals surface area contributed by atoms with Crippen LogP contribution in [0.1, 0.15) is 20.3 Å². The van der Waals surface area contributed by atoms with Gasteiger partial charge < -0.3 is 9.32 Å². The minimum absolute atomic E-state index is 0.193. The van der Waals surface area contributed by atoms with Gasteiger partial charge in [0, 0.05) is 15.0 Å². The van der Waals surface area contributed by atoms with E-state index >= 15 is 0 Å². The lowest BCUT2D eigenvalue weighted by molar-refractivity contribution is 0.0725. The van der Waals surface area contributed by atoms with E-state index in [0.717, 1.165) is 4.88 Å². The third kappa shape index (κ3) is 3.40. The summed E-state index contributed by atoms with van der Waals surface area (Å²) in [5, 5.41) is 3.03. The van der Waals surface area contributed by atoms with Crippen molar-refractivity contribution in [3.63, 3.8) is 0 Å². The molecule has 0 aliphatic heterocycles. The smallest absolute Gasteiger partial charge is 0.266 e. The Balaban J connectivity index is 1.70. The van der Waals surface area contributed by atoms with Crippen molar-refractivity contribution in [1.29, 1.82) is 0 Å². The fourth-order valence-corrected chi connectivity index (χ4v) is 4.93. The number of nitrogens with zero attached hydrogens (tertiary/aromatic N) is 1. The first kappa shape index (κ1) is 17.3. The molecule has 0 atom stereocenters. The predicted octanol–water partition coefficient (Wildman–Crippen LogP) is 6.19. The molecule has 0 saturated carbocycles. The summed E-state index contributed by atoms with van der Waals surface area (Å²) in [6.45, 7) is 0.790. The highest BCUT2D eigenvalue weighted by atomic mass is 35.5. The van der Waals surface area contributed by atoms with E-state index < -0.39 is 0 Å². The third-order valence-electron chi connectivity index (χ3n) is 3.93. The van der Waals surface area contributed by atoms with Crippen molar-refractivity contribution in [3.8, 4) is 0 Å². The van der Waals surface area contributed by atoms with Crippen molar-refractivity contribution in [2.24, 2.45) is 0 Å². The zero-order chi connectivity index (χ0) is 18.1. The number of rotatable bonds is 5. The lowest BCUT2D eigenvalue weighted by atomic mass is 10.2. The number of amides is 1. The molecule has 0 radical (unpaired) electrons. The molecule has 0 unspecified atom stereocenters. The molecule has 0 saturated heterocycles. The molecule has 1 amide bonds. The van der Waals surface area contributed by atoms with E-state index in [0.29, 0.717) is 38.8 Å². The standard InChI is InChI=1S/C19H13ClFNO2S2/c20-17-15-6-5-12(21)9-16(15)26-18(17)19(23)22(10-13-3-1-7-24-13)11-14-4-2-8-25-14/h1-9H,10-11H2. The Labute approximate surface area is 162 Å². The number of carbonyl (C=O) groups is 1. The normalized spacial score (nSPS) is 11.2. The Morgan fingerprint density at radius 3 is 2.81 bits per heavy atom. The fourth-order valence-electron chi connectivity index (χ4n) is 2.70. The Kier molecular flexibility index (Phi) is 4.80. The maximum atomic E-state index is 13.5. The van der Waals surface area contributed by atoms with Crippen LogP contribution in [0, 0.1) is 5.82 Å². The number of fused-ring (bicyclic) bond motifs is 1. The van der Waals surface area contributed by atoms with Gasteiger partial charge in [-0.3, -0.25) is 4.79 Å². The van der Waals surface area contributed by atoms with Crippen LogP contribution in [0.2, 0.25) is 5.02 Å². The van der Waals surface area contributed by atoms with E-state index in [-0.39, 0.29) is 11.7 Å². The summed E-state index contributed by atoms with van der Waals surface area (Å²) < 4.78 is 19.6. The monoisotopic (exact) mass is 405 g/mol. The predicted molar refractivity (Wildman–Crippen MR) is 103 cm³/mol. The summed E-state index contributed by atoms with van der Waals surface area (Å²) in [5.74, 6) is 0.153. The maximum Gasteiger partial charge on any atom is 0.266 e. The number of benzene rings is 1. The highest BCUT2D eigenvalue weighted by molar-refractivity contribution is 7.21. The van der Waals surface area contributed by atoms with Gasteiger partial charge in [0.2, 0.25) is 0 Å². The van der Waals surface area contributed by atoms with Gasteiger partial charge in [-0.2, -0.15) is 0 Å². The molecular weight excluding hydrogens is 393 g/mol. The maximum absolute atomic E-state index is 13.5. The zero-order valence-electron chi connectivity index (χ0n) is 13.4. The Bertz CT molecular complexity index is 1010. The van der Waals surface area contributed by atoms with Crippen molar-refractivity contribution in [1.82, 2.24) is 4.90 Å². The second kappa shape index (κ2) is 7.23.